The first-order valence-corrected chi connectivity index (χ1v) is 8.88. The van der Waals surface area contributed by atoms with E-state index in [1.54, 1.807) is 47.1 Å². The van der Waals surface area contributed by atoms with Crippen molar-refractivity contribution in [3.05, 3.63) is 30.5 Å². The van der Waals surface area contributed by atoms with E-state index in [9.17, 15) is 9.59 Å². The molecule has 2 aromatic rings. The molecular weight excluding hydrogens is 364 g/mol. The predicted octanol–water partition coefficient (Wildman–Crippen LogP) is 3.33. The maximum atomic E-state index is 12.3. The summed E-state index contributed by atoms with van der Waals surface area (Å²) in [5.41, 5.74) is -0.728. The van der Waals surface area contributed by atoms with Gasteiger partial charge in [0.2, 0.25) is 5.88 Å². The number of hydrogen-bond acceptors (Lipinski definition) is 6. The molecule has 1 aromatic heterocycles. The Labute approximate surface area is 164 Å². The van der Waals surface area contributed by atoms with Crippen molar-refractivity contribution >= 4 is 22.8 Å². The fourth-order valence-electron chi connectivity index (χ4n) is 2.58. The number of hydrogen-bond donors (Lipinski definition) is 1. The predicted molar refractivity (Wildman–Crippen MR) is 104 cm³/mol. The van der Waals surface area contributed by atoms with Crippen molar-refractivity contribution in [2.24, 2.45) is 0 Å². The molecule has 1 N–H and O–H groups in total. The van der Waals surface area contributed by atoms with Gasteiger partial charge in [-0.2, -0.15) is 0 Å². The van der Waals surface area contributed by atoms with Crippen LogP contribution in [0.3, 0.4) is 0 Å². The summed E-state index contributed by atoms with van der Waals surface area (Å²) in [5.74, 6) is -0.0178. The number of carbonyl (C=O) groups excluding carboxylic acids is 1. The number of carboxylic acids is 1. The van der Waals surface area contributed by atoms with Crippen LogP contribution in [0, 0.1) is 0 Å². The first kappa shape index (κ1) is 21.3. The number of ether oxygens (including phenoxy) is 3. The standard InChI is InChI=1S/C20H26N2O6/c1-13(11-22(12-17(23)24)19(25)28-20(2,3)4)27-18-16-7-6-15(26-5)10-14(16)8-9-21-18/h6-10,13H,11-12H2,1-5H3,(H,23,24)/t13-/m1/s1. The molecule has 8 heteroatoms. The molecule has 0 aliphatic rings. The number of aliphatic carboxylic acids is 1. The molecule has 152 valence electrons. The van der Waals surface area contributed by atoms with E-state index in [4.69, 9.17) is 19.3 Å². The van der Waals surface area contributed by atoms with Crippen LogP contribution in [0.25, 0.3) is 10.8 Å². The number of methoxy groups -OCH3 is 1. The Kier molecular flexibility index (Phi) is 6.66. The van der Waals surface area contributed by atoms with Crippen LogP contribution < -0.4 is 9.47 Å². The minimum Gasteiger partial charge on any atom is -0.497 e. The van der Waals surface area contributed by atoms with Crippen LogP contribution in [0.1, 0.15) is 27.7 Å². The molecule has 8 nitrogen and oxygen atoms in total. The number of carboxylic acid groups (broad SMARTS) is 1. The van der Waals surface area contributed by atoms with Gasteiger partial charge in [0.25, 0.3) is 0 Å². The molecule has 1 heterocycles. The van der Waals surface area contributed by atoms with E-state index in [1.165, 1.54) is 0 Å². The summed E-state index contributed by atoms with van der Waals surface area (Å²) >= 11 is 0. The third kappa shape index (κ3) is 6.00. The highest BCUT2D eigenvalue weighted by Gasteiger charge is 2.26. The van der Waals surface area contributed by atoms with Gasteiger partial charge >= 0.3 is 12.1 Å². The third-order valence-electron chi connectivity index (χ3n) is 3.70. The van der Waals surface area contributed by atoms with Crippen LogP contribution in [0.4, 0.5) is 4.79 Å². The molecule has 0 fully saturated rings. The van der Waals surface area contributed by atoms with Gasteiger partial charge in [-0.15, -0.1) is 0 Å². The fraction of sp³-hybridized carbons (Fsp3) is 0.450. The van der Waals surface area contributed by atoms with Gasteiger partial charge in [-0.25, -0.2) is 9.78 Å². The molecule has 0 spiro atoms. The number of benzene rings is 1. The van der Waals surface area contributed by atoms with E-state index in [-0.39, 0.29) is 6.54 Å². The lowest BCUT2D eigenvalue weighted by atomic mass is 10.1. The van der Waals surface area contributed by atoms with E-state index < -0.39 is 30.3 Å². The van der Waals surface area contributed by atoms with Gasteiger partial charge in [0.05, 0.1) is 13.7 Å². The average Bonchev–Trinajstić information content (AvgIpc) is 2.59. The zero-order chi connectivity index (χ0) is 20.9. The Morgan fingerprint density at radius 2 is 1.96 bits per heavy atom. The molecule has 0 aliphatic heterocycles. The molecule has 2 rings (SSSR count). The Morgan fingerprint density at radius 1 is 1.25 bits per heavy atom. The molecule has 1 aromatic carbocycles. The van der Waals surface area contributed by atoms with Crippen LogP contribution in [0.2, 0.25) is 0 Å². The quantitative estimate of drug-likeness (QED) is 0.774. The molecule has 0 saturated heterocycles. The highest BCUT2D eigenvalue weighted by atomic mass is 16.6. The van der Waals surface area contributed by atoms with Gasteiger partial charge in [-0.05, 0) is 57.3 Å². The number of amides is 1. The SMILES string of the molecule is COc1ccc2c(O[C@H](C)CN(CC(=O)O)C(=O)OC(C)(C)C)nccc2c1. The minimum absolute atomic E-state index is 0.0371. The van der Waals surface area contributed by atoms with Gasteiger partial charge in [-0.1, -0.05) is 0 Å². The van der Waals surface area contributed by atoms with E-state index in [0.717, 1.165) is 21.4 Å². The third-order valence-corrected chi connectivity index (χ3v) is 3.70. The fourth-order valence-corrected chi connectivity index (χ4v) is 2.58. The average molecular weight is 390 g/mol. The highest BCUT2D eigenvalue weighted by molar-refractivity contribution is 5.87. The molecule has 0 bridgehead atoms. The van der Waals surface area contributed by atoms with Crippen molar-refractivity contribution in [1.29, 1.82) is 0 Å². The van der Waals surface area contributed by atoms with E-state index in [1.807, 2.05) is 18.2 Å². The summed E-state index contributed by atoms with van der Waals surface area (Å²) in [6.45, 7) is 6.45. The van der Waals surface area contributed by atoms with Crippen LogP contribution in [0.5, 0.6) is 11.6 Å². The summed E-state index contributed by atoms with van der Waals surface area (Å²) in [5, 5.41) is 10.8. The molecule has 0 saturated carbocycles. The zero-order valence-electron chi connectivity index (χ0n) is 16.8. The number of rotatable bonds is 7. The summed E-state index contributed by atoms with van der Waals surface area (Å²) in [6, 6.07) is 7.35. The Balaban J connectivity index is 2.15. The van der Waals surface area contributed by atoms with Crippen LogP contribution >= 0.6 is 0 Å². The lowest BCUT2D eigenvalue weighted by Crippen LogP contribution is -2.44. The second-order valence-electron chi connectivity index (χ2n) is 7.39. The van der Waals surface area contributed by atoms with E-state index in [0.29, 0.717) is 5.88 Å². The topological polar surface area (TPSA) is 98.2 Å². The second kappa shape index (κ2) is 8.77. The summed E-state index contributed by atoms with van der Waals surface area (Å²) in [7, 11) is 1.59. The van der Waals surface area contributed by atoms with Gasteiger partial charge < -0.3 is 19.3 Å². The van der Waals surface area contributed by atoms with E-state index >= 15 is 0 Å². The summed E-state index contributed by atoms with van der Waals surface area (Å²) in [4.78, 5) is 28.8. The van der Waals surface area contributed by atoms with Crippen molar-refractivity contribution in [3.63, 3.8) is 0 Å². The first-order valence-electron chi connectivity index (χ1n) is 8.88. The molecule has 1 amide bonds. The largest absolute Gasteiger partial charge is 0.497 e. The maximum absolute atomic E-state index is 12.3. The monoisotopic (exact) mass is 390 g/mol. The van der Waals surface area contributed by atoms with Gasteiger partial charge in [-0.3, -0.25) is 9.69 Å². The van der Waals surface area contributed by atoms with Crippen LogP contribution in [0.15, 0.2) is 30.5 Å². The number of carbonyl (C=O) groups is 2. The van der Waals surface area contributed by atoms with Gasteiger partial charge in [0, 0.05) is 11.6 Å². The number of nitrogens with zero attached hydrogens (tertiary/aromatic N) is 2. The van der Waals surface area contributed by atoms with Crippen molar-refractivity contribution in [1.82, 2.24) is 9.88 Å². The lowest BCUT2D eigenvalue weighted by molar-refractivity contribution is -0.138. The molecule has 0 unspecified atom stereocenters. The molecular formula is C20H26N2O6. The summed E-state index contributed by atoms with van der Waals surface area (Å²) in [6.07, 6.45) is 0.403. The van der Waals surface area contributed by atoms with Gasteiger partial charge in [0.15, 0.2) is 0 Å². The molecule has 1 atom stereocenters. The second-order valence-corrected chi connectivity index (χ2v) is 7.39. The van der Waals surface area contributed by atoms with Crippen LogP contribution in [-0.4, -0.2) is 59.0 Å². The first-order chi connectivity index (χ1) is 13.1. The molecule has 0 radical (unpaired) electrons. The Hall–Kier alpha value is -3.03. The van der Waals surface area contributed by atoms with Gasteiger partial charge in [0.1, 0.15) is 24.0 Å². The minimum atomic E-state index is -1.13. The lowest BCUT2D eigenvalue weighted by Gasteiger charge is -2.28. The number of aromatic nitrogens is 1. The number of pyridine rings is 1. The van der Waals surface area contributed by atoms with Crippen LogP contribution in [-0.2, 0) is 9.53 Å². The highest BCUT2D eigenvalue weighted by Crippen LogP contribution is 2.27. The molecule has 0 aliphatic carbocycles. The van der Waals surface area contributed by atoms with Crippen molar-refractivity contribution in [2.45, 2.75) is 39.4 Å². The zero-order valence-corrected chi connectivity index (χ0v) is 16.8. The summed E-state index contributed by atoms with van der Waals surface area (Å²) < 4.78 is 16.4. The Morgan fingerprint density at radius 3 is 2.57 bits per heavy atom. The van der Waals surface area contributed by atoms with Crippen molar-refractivity contribution in [3.8, 4) is 11.6 Å². The normalized spacial score (nSPS) is 12.3. The van der Waals surface area contributed by atoms with Crippen molar-refractivity contribution < 1.29 is 28.9 Å². The Bertz CT molecular complexity index is 846. The smallest absolute Gasteiger partial charge is 0.410 e. The maximum Gasteiger partial charge on any atom is 0.410 e. The van der Waals surface area contributed by atoms with E-state index in [2.05, 4.69) is 4.98 Å². The van der Waals surface area contributed by atoms with Crippen molar-refractivity contribution in [2.75, 3.05) is 20.2 Å². The number of fused-ring (bicyclic) bond motifs is 1. The molecule has 28 heavy (non-hydrogen) atoms.